The van der Waals surface area contributed by atoms with E-state index >= 15 is 0 Å². The van der Waals surface area contributed by atoms with E-state index in [4.69, 9.17) is 9.47 Å². The fraction of sp³-hybridized carbons (Fsp3) is 0.605. The van der Waals surface area contributed by atoms with Crippen LogP contribution in [0.2, 0.25) is 0 Å². The van der Waals surface area contributed by atoms with Crippen molar-refractivity contribution in [1.29, 1.82) is 0 Å². The van der Waals surface area contributed by atoms with Crippen LogP contribution in [0.4, 0.5) is 0 Å². The highest BCUT2D eigenvalue weighted by Crippen LogP contribution is 2.19. The average Bonchev–Trinajstić information content (AvgIpc) is 3.09. The number of ether oxygens (including phenoxy) is 2. The van der Waals surface area contributed by atoms with Gasteiger partial charge >= 0.3 is 17.9 Å². The lowest BCUT2D eigenvalue weighted by Crippen LogP contribution is -2.49. The van der Waals surface area contributed by atoms with Crippen LogP contribution in [0.3, 0.4) is 0 Å². The standard InChI is InChI=1S/C38H58N4O9/c43-33(13-9-4-2-1-3-5-10-26-50-34-14-16-35(17-15-34)51-31-32-11-7-6-8-12-32)27-39-18-20-40(28-36(44)45)22-24-42(30-38(48)49)25-23-41(21-19-39)29-37(46)47/h6-8,11-12,14-17,33,43H,1-5,9-10,13,18-31H2,(H,44,45)(H,46,47)(H,48,49). The van der Waals surface area contributed by atoms with Gasteiger partial charge in [-0.3, -0.25) is 34.0 Å². The number of benzene rings is 2. The minimum atomic E-state index is -0.984. The predicted molar refractivity (Wildman–Crippen MR) is 194 cm³/mol. The molecule has 1 fully saturated rings. The maximum absolute atomic E-state index is 11.5. The molecular formula is C38H58N4O9. The number of carbonyl (C=O) groups is 3. The lowest BCUT2D eigenvalue weighted by atomic mass is 10.1. The largest absolute Gasteiger partial charge is 0.494 e. The number of hydrogen-bond acceptors (Lipinski definition) is 10. The van der Waals surface area contributed by atoms with Crippen molar-refractivity contribution in [2.45, 2.75) is 64.1 Å². The molecule has 0 saturated carbocycles. The number of aliphatic hydroxyl groups excluding tert-OH is 1. The van der Waals surface area contributed by atoms with Gasteiger partial charge in [0.2, 0.25) is 0 Å². The van der Waals surface area contributed by atoms with Gasteiger partial charge in [0.25, 0.3) is 0 Å². The number of aliphatic carboxylic acids is 3. The van der Waals surface area contributed by atoms with Gasteiger partial charge in [-0.15, -0.1) is 0 Å². The molecule has 284 valence electrons. The zero-order valence-electron chi connectivity index (χ0n) is 29.9. The Bertz CT molecular complexity index is 1240. The number of rotatable bonds is 22. The van der Waals surface area contributed by atoms with Crippen molar-refractivity contribution in [2.75, 3.05) is 85.1 Å². The predicted octanol–water partition coefficient (Wildman–Crippen LogP) is 3.60. The number of nitrogens with zero attached hydrogens (tertiary/aromatic N) is 4. The van der Waals surface area contributed by atoms with Crippen LogP contribution in [-0.2, 0) is 21.0 Å². The molecule has 0 bridgehead atoms. The summed E-state index contributed by atoms with van der Waals surface area (Å²) in [4.78, 5) is 41.8. The summed E-state index contributed by atoms with van der Waals surface area (Å²) < 4.78 is 11.7. The van der Waals surface area contributed by atoms with E-state index in [2.05, 4.69) is 4.90 Å². The molecule has 3 rings (SSSR count). The molecule has 0 aliphatic carbocycles. The van der Waals surface area contributed by atoms with Crippen molar-refractivity contribution in [2.24, 2.45) is 0 Å². The summed E-state index contributed by atoms with van der Waals surface area (Å²) in [7, 11) is 0. The topological polar surface area (TPSA) is 164 Å². The van der Waals surface area contributed by atoms with Gasteiger partial charge in [0.1, 0.15) is 18.1 Å². The number of carboxylic acid groups (broad SMARTS) is 3. The van der Waals surface area contributed by atoms with Gasteiger partial charge in [-0.2, -0.15) is 0 Å². The molecule has 13 nitrogen and oxygen atoms in total. The van der Waals surface area contributed by atoms with Crippen molar-refractivity contribution in [3.8, 4) is 11.5 Å². The van der Waals surface area contributed by atoms with Gasteiger partial charge in [-0.25, -0.2) is 0 Å². The molecule has 0 amide bonds. The molecule has 1 aliphatic heterocycles. The summed E-state index contributed by atoms with van der Waals surface area (Å²) in [5, 5.41) is 39.0. The fourth-order valence-electron chi connectivity index (χ4n) is 6.13. The molecule has 1 saturated heterocycles. The van der Waals surface area contributed by atoms with Crippen molar-refractivity contribution >= 4 is 17.9 Å². The SMILES string of the molecule is O=C(O)CN1CCN(CC(=O)O)CCN(CC(O)CCCCCCCCCOc2ccc(OCc3ccccc3)cc2)CCN(CC(=O)O)CC1. The fourth-order valence-corrected chi connectivity index (χ4v) is 6.13. The Morgan fingerprint density at radius 2 is 0.961 bits per heavy atom. The third kappa shape index (κ3) is 19.4. The molecule has 0 spiro atoms. The molecule has 0 radical (unpaired) electrons. The minimum absolute atomic E-state index is 0.158. The number of hydrogen-bond donors (Lipinski definition) is 4. The van der Waals surface area contributed by atoms with Crippen LogP contribution in [0.15, 0.2) is 54.6 Å². The molecule has 1 aliphatic rings. The first kappa shape index (κ1) is 41.7. The van der Waals surface area contributed by atoms with E-state index in [0.29, 0.717) is 78.5 Å². The van der Waals surface area contributed by atoms with Crippen molar-refractivity contribution < 1.29 is 44.3 Å². The molecule has 4 N–H and O–H groups in total. The summed E-state index contributed by atoms with van der Waals surface area (Å²) in [6.45, 7) is 4.52. The molecule has 2 aromatic rings. The Hall–Kier alpha value is -3.75. The first-order chi connectivity index (χ1) is 24.7. The van der Waals surface area contributed by atoms with Crippen molar-refractivity contribution in [3.05, 3.63) is 60.2 Å². The first-order valence-electron chi connectivity index (χ1n) is 18.3. The smallest absolute Gasteiger partial charge is 0.317 e. The van der Waals surface area contributed by atoms with E-state index in [-0.39, 0.29) is 19.6 Å². The van der Waals surface area contributed by atoms with Crippen molar-refractivity contribution in [1.82, 2.24) is 19.6 Å². The molecular weight excluding hydrogens is 656 g/mol. The summed E-state index contributed by atoms with van der Waals surface area (Å²) in [6.07, 6.45) is 7.57. The van der Waals surface area contributed by atoms with E-state index in [1.165, 1.54) is 0 Å². The molecule has 2 aromatic carbocycles. The van der Waals surface area contributed by atoms with Crippen LogP contribution in [0, 0.1) is 0 Å². The van der Waals surface area contributed by atoms with Gasteiger partial charge in [-0.05, 0) is 42.7 Å². The van der Waals surface area contributed by atoms with Gasteiger partial charge in [0.05, 0.1) is 32.3 Å². The van der Waals surface area contributed by atoms with Gasteiger partial charge in [0.15, 0.2) is 0 Å². The second-order valence-electron chi connectivity index (χ2n) is 13.3. The highest BCUT2D eigenvalue weighted by molar-refractivity contribution is 5.69. The molecule has 0 aromatic heterocycles. The second-order valence-corrected chi connectivity index (χ2v) is 13.3. The average molecular weight is 715 g/mol. The minimum Gasteiger partial charge on any atom is -0.494 e. The quantitative estimate of drug-likeness (QED) is 0.131. The van der Waals surface area contributed by atoms with E-state index in [9.17, 15) is 34.8 Å². The molecule has 13 heteroatoms. The number of β-amino-alcohol motifs (C(OH)–C–C–N with tert-alkyl or cyclic N) is 1. The van der Waals surface area contributed by atoms with E-state index in [1.54, 1.807) is 14.7 Å². The Kier molecular flexibility index (Phi) is 20.0. The van der Waals surface area contributed by atoms with Crippen LogP contribution in [0.1, 0.15) is 56.9 Å². The van der Waals surface area contributed by atoms with Gasteiger partial charge in [-0.1, -0.05) is 68.9 Å². The van der Waals surface area contributed by atoms with Gasteiger partial charge < -0.3 is 29.9 Å². The highest BCUT2D eigenvalue weighted by Gasteiger charge is 2.21. The van der Waals surface area contributed by atoms with E-state index in [0.717, 1.165) is 62.0 Å². The number of carboxylic acids is 3. The van der Waals surface area contributed by atoms with Gasteiger partial charge in [0, 0.05) is 58.9 Å². The van der Waals surface area contributed by atoms with Crippen LogP contribution in [0.5, 0.6) is 11.5 Å². The van der Waals surface area contributed by atoms with Crippen LogP contribution in [0.25, 0.3) is 0 Å². The maximum atomic E-state index is 11.5. The zero-order chi connectivity index (χ0) is 36.7. The Morgan fingerprint density at radius 3 is 1.43 bits per heavy atom. The molecule has 1 heterocycles. The summed E-state index contributed by atoms with van der Waals surface area (Å²) in [5.74, 6) is -1.23. The maximum Gasteiger partial charge on any atom is 0.317 e. The molecule has 1 unspecified atom stereocenters. The second kappa shape index (κ2) is 24.4. The normalized spacial score (nSPS) is 16.5. The lowest BCUT2D eigenvalue weighted by Gasteiger charge is -2.33. The number of unbranched alkanes of at least 4 members (excludes halogenated alkanes) is 6. The monoisotopic (exact) mass is 714 g/mol. The first-order valence-corrected chi connectivity index (χ1v) is 18.3. The Morgan fingerprint density at radius 1 is 0.549 bits per heavy atom. The summed E-state index contributed by atoms with van der Waals surface area (Å²) >= 11 is 0. The Balaban J connectivity index is 1.30. The lowest BCUT2D eigenvalue weighted by molar-refractivity contribution is -0.140. The third-order valence-corrected chi connectivity index (χ3v) is 9.00. The van der Waals surface area contributed by atoms with Crippen LogP contribution >= 0.6 is 0 Å². The summed E-state index contributed by atoms with van der Waals surface area (Å²) in [5.41, 5.74) is 1.13. The highest BCUT2D eigenvalue weighted by atomic mass is 16.5. The Labute approximate surface area is 302 Å². The zero-order valence-corrected chi connectivity index (χ0v) is 29.9. The van der Waals surface area contributed by atoms with Crippen molar-refractivity contribution in [3.63, 3.8) is 0 Å². The summed E-state index contributed by atoms with van der Waals surface area (Å²) in [6, 6.07) is 17.8. The molecule has 1 atom stereocenters. The van der Waals surface area contributed by atoms with Crippen LogP contribution < -0.4 is 9.47 Å². The number of aliphatic hydroxyl groups is 1. The molecule has 51 heavy (non-hydrogen) atoms. The van der Waals surface area contributed by atoms with E-state index in [1.807, 2.05) is 54.6 Å². The third-order valence-electron chi connectivity index (χ3n) is 9.00. The van der Waals surface area contributed by atoms with Crippen LogP contribution in [-0.4, -0.2) is 149 Å². The van der Waals surface area contributed by atoms with E-state index < -0.39 is 24.0 Å².